The molecule has 0 amide bonds. The van der Waals surface area contributed by atoms with E-state index in [4.69, 9.17) is 9.84 Å². The topological polar surface area (TPSA) is 46.5 Å². The van der Waals surface area contributed by atoms with Gasteiger partial charge in [-0.05, 0) is 49.1 Å². The summed E-state index contributed by atoms with van der Waals surface area (Å²) in [6.07, 6.45) is 0.693. The van der Waals surface area contributed by atoms with Crippen LogP contribution in [0.25, 0.3) is 11.1 Å². The number of carbonyl (C=O) groups is 1. The Morgan fingerprint density at radius 3 is 2.57 bits per heavy atom. The van der Waals surface area contributed by atoms with Crippen molar-refractivity contribution in [2.24, 2.45) is 0 Å². The number of methoxy groups -OCH3 is 1. The molecule has 2 aromatic rings. The zero-order chi connectivity index (χ0) is 15.4. The van der Waals surface area contributed by atoms with Crippen LogP contribution in [0.4, 0.5) is 0 Å². The first-order valence-corrected chi connectivity index (χ1v) is 6.98. The quantitative estimate of drug-likeness (QED) is 0.902. The van der Waals surface area contributed by atoms with Crippen LogP contribution >= 0.6 is 0 Å². The molecule has 0 saturated carbocycles. The molecule has 0 aromatic heterocycles. The summed E-state index contributed by atoms with van der Waals surface area (Å²) in [4.78, 5) is 10.8. The minimum absolute atomic E-state index is 0.148. The zero-order valence-electron chi connectivity index (χ0n) is 12.6. The molecule has 1 N–H and O–H groups in total. The monoisotopic (exact) mass is 284 g/mol. The van der Waals surface area contributed by atoms with E-state index in [1.165, 1.54) is 5.56 Å². The van der Waals surface area contributed by atoms with E-state index in [9.17, 15) is 4.79 Å². The Balaban J connectivity index is 2.47. The van der Waals surface area contributed by atoms with E-state index in [-0.39, 0.29) is 6.42 Å². The first-order valence-electron chi connectivity index (χ1n) is 6.98. The van der Waals surface area contributed by atoms with Gasteiger partial charge >= 0.3 is 5.97 Å². The summed E-state index contributed by atoms with van der Waals surface area (Å²) in [5.41, 5.74) is 5.49. The van der Waals surface area contributed by atoms with Gasteiger partial charge in [-0.2, -0.15) is 0 Å². The predicted octanol–water partition coefficient (Wildman–Crippen LogP) is 4.00. The van der Waals surface area contributed by atoms with Crippen LogP contribution in [0, 0.1) is 13.8 Å². The summed E-state index contributed by atoms with van der Waals surface area (Å²) in [5, 5.41) is 8.85. The van der Waals surface area contributed by atoms with Gasteiger partial charge in [0.05, 0.1) is 7.11 Å². The van der Waals surface area contributed by atoms with E-state index in [1.807, 2.05) is 38.1 Å². The lowest BCUT2D eigenvalue weighted by atomic mass is 9.93. The third-order valence-electron chi connectivity index (χ3n) is 3.70. The molecule has 0 radical (unpaired) electrons. The lowest BCUT2D eigenvalue weighted by Gasteiger charge is -2.14. The lowest BCUT2D eigenvalue weighted by molar-refractivity contribution is -0.136. The fourth-order valence-corrected chi connectivity index (χ4v) is 2.52. The van der Waals surface area contributed by atoms with E-state index < -0.39 is 5.97 Å². The zero-order valence-corrected chi connectivity index (χ0v) is 12.6. The van der Waals surface area contributed by atoms with Crippen LogP contribution in [0.5, 0.6) is 5.75 Å². The highest BCUT2D eigenvalue weighted by Crippen LogP contribution is 2.34. The molecule has 0 fully saturated rings. The highest BCUT2D eigenvalue weighted by atomic mass is 16.5. The number of aliphatic carboxylic acids is 1. The van der Waals surface area contributed by atoms with Crippen LogP contribution in [0.2, 0.25) is 0 Å². The second kappa shape index (κ2) is 6.44. The number of hydrogen-bond acceptors (Lipinski definition) is 2. The molecule has 0 aliphatic heterocycles. The van der Waals surface area contributed by atoms with Gasteiger partial charge in [0.15, 0.2) is 0 Å². The molecular formula is C18H20O3. The lowest BCUT2D eigenvalue weighted by Crippen LogP contribution is -2.00. The fraction of sp³-hybridized carbons (Fsp3) is 0.278. The Morgan fingerprint density at radius 2 is 1.90 bits per heavy atom. The van der Waals surface area contributed by atoms with E-state index >= 15 is 0 Å². The van der Waals surface area contributed by atoms with Gasteiger partial charge in [-0.3, -0.25) is 4.79 Å². The van der Waals surface area contributed by atoms with Gasteiger partial charge in [-0.25, -0.2) is 0 Å². The van der Waals surface area contributed by atoms with Gasteiger partial charge in [0, 0.05) is 12.0 Å². The summed E-state index contributed by atoms with van der Waals surface area (Å²) in [7, 11) is 1.66. The molecular weight excluding hydrogens is 264 g/mol. The fourth-order valence-electron chi connectivity index (χ4n) is 2.52. The SMILES string of the molecule is COc1ccc(C)cc1-c1cccc(CCC(=O)O)c1C. The van der Waals surface area contributed by atoms with Crippen molar-refractivity contribution in [3.63, 3.8) is 0 Å². The third kappa shape index (κ3) is 3.43. The normalized spacial score (nSPS) is 10.4. The molecule has 0 spiro atoms. The van der Waals surface area contributed by atoms with Crippen LogP contribution in [-0.4, -0.2) is 18.2 Å². The average molecular weight is 284 g/mol. The minimum atomic E-state index is -0.770. The van der Waals surface area contributed by atoms with Gasteiger partial charge in [-0.15, -0.1) is 0 Å². The van der Waals surface area contributed by atoms with Crippen molar-refractivity contribution in [3.8, 4) is 16.9 Å². The summed E-state index contributed by atoms with van der Waals surface area (Å²) in [6, 6.07) is 12.1. The largest absolute Gasteiger partial charge is 0.496 e. The maximum atomic E-state index is 10.8. The molecule has 0 bridgehead atoms. The number of hydrogen-bond donors (Lipinski definition) is 1. The van der Waals surface area contributed by atoms with Gasteiger partial charge in [0.1, 0.15) is 5.75 Å². The molecule has 0 saturated heterocycles. The second-order valence-electron chi connectivity index (χ2n) is 5.19. The van der Waals surface area contributed by atoms with Gasteiger partial charge < -0.3 is 9.84 Å². The highest BCUT2D eigenvalue weighted by Gasteiger charge is 2.11. The Bertz CT molecular complexity index is 660. The second-order valence-corrected chi connectivity index (χ2v) is 5.19. The molecule has 0 atom stereocenters. The summed E-state index contributed by atoms with van der Waals surface area (Å²) in [6.45, 7) is 4.08. The summed E-state index contributed by atoms with van der Waals surface area (Å²) in [5.74, 6) is 0.0621. The van der Waals surface area contributed by atoms with Crippen molar-refractivity contribution >= 4 is 5.97 Å². The molecule has 0 aliphatic rings. The van der Waals surface area contributed by atoms with Crippen molar-refractivity contribution in [1.82, 2.24) is 0 Å². The number of aryl methyl sites for hydroxylation is 2. The van der Waals surface area contributed by atoms with E-state index in [1.54, 1.807) is 7.11 Å². The number of carboxylic acid groups (broad SMARTS) is 1. The Kier molecular flexibility index (Phi) is 4.63. The molecule has 3 nitrogen and oxygen atoms in total. The van der Waals surface area contributed by atoms with Crippen molar-refractivity contribution in [2.75, 3.05) is 7.11 Å². The molecule has 110 valence electrons. The predicted molar refractivity (Wildman–Crippen MR) is 83.9 cm³/mol. The van der Waals surface area contributed by atoms with E-state index in [0.29, 0.717) is 6.42 Å². The number of ether oxygens (including phenoxy) is 1. The molecule has 0 heterocycles. The van der Waals surface area contributed by atoms with Crippen molar-refractivity contribution in [2.45, 2.75) is 26.7 Å². The maximum Gasteiger partial charge on any atom is 0.303 e. The van der Waals surface area contributed by atoms with Crippen LogP contribution in [0.1, 0.15) is 23.1 Å². The van der Waals surface area contributed by atoms with Crippen molar-refractivity contribution < 1.29 is 14.6 Å². The van der Waals surface area contributed by atoms with E-state index in [0.717, 1.165) is 28.0 Å². The first kappa shape index (κ1) is 15.1. The summed E-state index contributed by atoms with van der Waals surface area (Å²) >= 11 is 0. The van der Waals surface area contributed by atoms with Gasteiger partial charge in [0.2, 0.25) is 0 Å². The standard InChI is InChI=1S/C18H20O3/c1-12-7-9-17(21-3)16(11-12)15-6-4-5-14(13(15)2)8-10-18(19)20/h4-7,9,11H,8,10H2,1-3H3,(H,19,20). The van der Waals surface area contributed by atoms with Crippen molar-refractivity contribution in [3.05, 3.63) is 53.1 Å². The van der Waals surface area contributed by atoms with Crippen LogP contribution in [0.3, 0.4) is 0 Å². The van der Waals surface area contributed by atoms with Crippen LogP contribution < -0.4 is 4.74 Å². The van der Waals surface area contributed by atoms with Crippen molar-refractivity contribution in [1.29, 1.82) is 0 Å². The van der Waals surface area contributed by atoms with Crippen LogP contribution in [-0.2, 0) is 11.2 Å². The average Bonchev–Trinajstić information content (AvgIpc) is 2.46. The van der Waals surface area contributed by atoms with Gasteiger partial charge in [0.25, 0.3) is 0 Å². The number of carboxylic acids is 1. The number of benzene rings is 2. The third-order valence-corrected chi connectivity index (χ3v) is 3.70. The van der Waals surface area contributed by atoms with Gasteiger partial charge in [-0.1, -0.05) is 29.8 Å². The highest BCUT2D eigenvalue weighted by molar-refractivity contribution is 5.75. The number of rotatable bonds is 5. The molecule has 3 heteroatoms. The molecule has 0 aliphatic carbocycles. The Morgan fingerprint density at radius 1 is 1.14 bits per heavy atom. The Labute approximate surface area is 125 Å². The summed E-state index contributed by atoms with van der Waals surface area (Å²) < 4.78 is 5.45. The van der Waals surface area contributed by atoms with Crippen LogP contribution in [0.15, 0.2) is 36.4 Å². The Hall–Kier alpha value is -2.29. The maximum absolute atomic E-state index is 10.8. The molecule has 2 aromatic carbocycles. The molecule has 2 rings (SSSR count). The van der Waals surface area contributed by atoms with E-state index in [2.05, 4.69) is 12.1 Å². The molecule has 0 unspecified atom stereocenters. The minimum Gasteiger partial charge on any atom is -0.496 e. The molecule has 21 heavy (non-hydrogen) atoms. The smallest absolute Gasteiger partial charge is 0.303 e. The first-order chi connectivity index (χ1) is 10.0.